The second-order valence-corrected chi connectivity index (χ2v) is 4.84. The average molecular weight is 283 g/mol. The van der Waals surface area contributed by atoms with E-state index in [9.17, 15) is 13.2 Å². The van der Waals surface area contributed by atoms with Gasteiger partial charge in [-0.2, -0.15) is 13.2 Å². The molecule has 0 unspecified atom stereocenters. The van der Waals surface area contributed by atoms with Gasteiger partial charge in [-0.25, -0.2) is 0 Å². The van der Waals surface area contributed by atoms with Crippen LogP contribution in [-0.4, -0.2) is 31.3 Å². The summed E-state index contributed by atoms with van der Waals surface area (Å²) in [5, 5.41) is 10.5. The summed E-state index contributed by atoms with van der Waals surface area (Å²) in [5.41, 5.74) is 1.71. The highest BCUT2D eigenvalue weighted by molar-refractivity contribution is 5.79. The minimum Gasteiger partial charge on any atom is -0.359 e. The van der Waals surface area contributed by atoms with Gasteiger partial charge in [0.1, 0.15) is 0 Å². The Balaban J connectivity index is 2.15. The van der Waals surface area contributed by atoms with Gasteiger partial charge in [-0.1, -0.05) is 0 Å². The first-order valence-corrected chi connectivity index (χ1v) is 6.25. The lowest BCUT2D eigenvalue weighted by Crippen LogP contribution is -2.30. The van der Waals surface area contributed by atoms with Crippen molar-refractivity contribution < 1.29 is 13.2 Å². The van der Waals surface area contributed by atoms with Crippen molar-refractivity contribution in [1.82, 2.24) is 4.90 Å². The van der Waals surface area contributed by atoms with E-state index in [4.69, 9.17) is 5.41 Å². The van der Waals surface area contributed by atoms with Gasteiger partial charge in [0.25, 0.3) is 0 Å². The monoisotopic (exact) mass is 283 g/mol. The Morgan fingerprint density at radius 3 is 2.45 bits per heavy atom. The fourth-order valence-corrected chi connectivity index (χ4v) is 2.12. The SMILES string of the molecule is CN1CCC(Nc2ccc(C(F)(F)F)cc2)=C(C=N)C1. The zero-order chi connectivity index (χ0) is 14.8. The molecule has 0 saturated heterocycles. The lowest BCUT2D eigenvalue weighted by atomic mass is 10.1. The molecule has 1 aliphatic rings. The second-order valence-electron chi connectivity index (χ2n) is 4.84. The summed E-state index contributed by atoms with van der Waals surface area (Å²) in [6, 6.07) is 4.94. The molecule has 0 radical (unpaired) electrons. The summed E-state index contributed by atoms with van der Waals surface area (Å²) in [4.78, 5) is 2.10. The van der Waals surface area contributed by atoms with Crippen molar-refractivity contribution in [3.8, 4) is 0 Å². The number of hydrogen-bond donors (Lipinski definition) is 2. The van der Waals surface area contributed by atoms with E-state index in [1.54, 1.807) is 0 Å². The Morgan fingerprint density at radius 2 is 1.90 bits per heavy atom. The van der Waals surface area contributed by atoms with Crippen molar-refractivity contribution in [2.24, 2.45) is 0 Å². The van der Waals surface area contributed by atoms with Crippen molar-refractivity contribution in [2.75, 3.05) is 25.5 Å². The van der Waals surface area contributed by atoms with Gasteiger partial charge in [0.05, 0.1) is 5.56 Å². The Hall–Kier alpha value is -1.82. The van der Waals surface area contributed by atoms with Gasteiger partial charge in [0.2, 0.25) is 0 Å². The standard InChI is InChI=1S/C14H16F3N3/c1-20-7-6-13(10(8-18)9-20)19-12-4-2-11(3-5-12)14(15,16)17/h2-5,8,18-19H,6-7,9H2,1H3. The first kappa shape index (κ1) is 14.6. The van der Waals surface area contributed by atoms with Crippen LogP contribution >= 0.6 is 0 Å². The van der Waals surface area contributed by atoms with Crippen molar-refractivity contribution in [3.63, 3.8) is 0 Å². The maximum Gasteiger partial charge on any atom is 0.416 e. The molecular formula is C14H16F3N3. The van der Waals surface area contributed by atoms with E-state index in [0.717, 1.165) is 36.4 Å². The molecule has 0 spiro atoms. The average Bonchev–Trinajstić information content (AvgIpc) is 2.40. The molecule has 0 bridgehead atoms. The quantitative estimate of drug-likeness (QED) is 0.835. The zero-order valence-corrected chi connectivity index (χ0v) is 11.1. The number of nitrogens with zero attached hydrogens (tertiary/aromatic N) is 1. The van der Waals surface area contributed by atoms with E-state index in [0.29, 0.717) is 12.2 Å². The van der Waals surface area contributed by atoms with Crippen molar-refractivity contribution in [2.45, 2.75) is 12.6 Å². The number of halogens is 3. The summed E-state index contributed by atoms with van der Waals surface area (Å²) in [7, 11) is 1.97. The maximum atomic E-state index is 12.5. The third kappa shape index (κ3) is 3.39. The zero-order valence-electron chi connectivity index (χ0n) is 11.1. The smallest absolute Gasteiger partial charge is 0.359 e. The number of anilines is 1. The van der Waals surface area contributed by atoms with Gasteiger partial charge in [0.15, 0.2) is 0 Å². The number of nitrogens with one attached hydrogen (secondary N) is 2. The minimum absolute atomic E-state index is 0.608. The molecule has 1 heterocycles. The molecule has 6 heteroatoms. The second kappa shape index (κ2) is 5.66. The van der Waals surface area contributed by atoms with E-state index in [2.05, 4.69) is 10.2 Å². The molecule has 20 heavy (non-hydrogen) atoms. The Kier molecular flexibility index (Phi) is 4.13. The highest BCUT2D eigenvalue weighted by Gasteiger charge is 2.30. The van der Waals surface area contributed by atoms with Crippen LogP contribution in [0, 0.1) is 5.41 Å². The molecule has 0 aromatic heterocycles. The molecule has 3 nitrogen and oxygen atoms in total. The van der Waals surface area contributed by atoms with Gasteiger partial charge in [0, 0.05) is 42.7 Å². The van der Waals surface area contributed by atoms with Crippen molar-refractivity contribution in [1.29, 1.82) is 5.41 Å². The van der Waals surface area contributed by atoms with Gasteiger partial charge >= 0.3 is 6.18 Å². The molecular weight excluding hydrogens is 267 g/mol. The van der Waals surface area contributed by atoms with E-state index < -0.39 is 11.7 Å². The van der Waals surface area contributed by atoms with Crippen LogP contribution in [0.4, 0.5) is 18.9 Å². The first-order chi connectivity index (χ1) is 9.40. The maximum absolute atomic E-state index is 12.5. The number of benzene rings is 1. The van der Waals surface area contributed by atoms with Gasteiger partial charge in [-0.05, 0) is 31.3 Å². The molecule has 0 saturated carbocycles. The molecule has 0 aliphatic carbocycles. The Labute approximate surface area is 115 Å². The van der Waals surface area contributed by atoms with Crippen LogP contribution in [0.5, 0.6) is 0 Å². The van der Waals surface area contributed by atoms with Crippen molar-refractivity contribution in [3.05, 3.63) is 41.1 Å². The number of hydrogen-bond acceptors (Lipinski definition) is 3. The van der Waals surface area contributed by atoms with Crippen molar-refractivity contribution >= 4 is 11.9 Å². The molecule has 0 fully saturated rings. The molecule has 2 rings (SSSR count). The van der Waals surface area contributed by atoms with Crippen LogP contribution < -0.4 is 5.32 Å². The predicted molar refractivity (Wildman–Crippen MR) is 73.0 cm³/mol. The topological polar surface area (TPSA) is 39.1 Å². The van der Waals surface area contributed by atoms with Crippen LogP contribution in [0.1, 0.15) is 12.0 Å². The molecule has 108 valence electrons. The summed E-state index contributed by atoms with van der Waals surface area (Å²) in [6.45, 7) is 1.53. The van der Waals surface area contributed by atoms with E-state index in [1.165, 1.54) is 18.3 Å². The molecule has 2 N–H and O–H groups in total. The molecule has 1 aromatic carbocycles. The van der Waals surface area contributed by atoms with Gasteiger partial charge in [-0.3, -0.25) is 0 Å². The number of rotatable bonds is 3. The van der Waals surface area contributed by atoms with Crippen LogP contribution in [0.25, 0.3) is 0 Å². The highest BCUT2D eigenvalue weighted by atomic mass is 19.4. The summed E-state index contributed by atoms with van der Waals surface area (Å²) >= 11 is 0. The predicted octanol–water partition coefficient (Wildman–Crippen LogP) is 3.36. The lowest BCUT2D eigenvalue weighted by Gasteiger charge is -2.26. The van der Waals surface area contributed by atoms with E-state index in [-0.39, 0.29) is 0 Å². The molecule has 1 aliphatic heterocycles. The molecule has 0 atom stereocenters. The van der Waals surface area contributed by atoms with E-state index >= 15 is 0 Å². The highest BCUT2D eigenvalue weighted by Crippen LogP contribution is 2.30. The Morgan fingerprint density at radius 1 is 1.25 bits per heavy atom. The molecule has 1 aromatic rings. The number of likely N-dealkylation sites (N-methyl/N-ethyl adjacent to an activating group) is 1. The fraction of sp³-hybridized carbons (Fsp3) is 0.357. The summed E-state index contributed by atoms with van der Waals surface area (Å²) in [5.74, 6) is 0. The molecule has 0 amide bonds. The van der Waals surface area contributed by atoms with Crippen LogP contribution in [0.2, 0.25) is 0 Å². The third-order valence-electron chi connectivity index (χ3n) is 3.25. The fourth-order valence-electron chi connectivity index (χ4n) is 2.12. The summed E-state index contributed by atoms with van der Waals surface area (Å²) in [6.07, 6.45) is -2.27. The van der Waals surface area contributed by atoms with Gasteiger partial charge in [-0.15, -0.1) is 0 Å². The first-order valence-electron chi connectivity index (χ1n) is 6.25. The van der Waals surface area contributed by atoms with Crippen LogP contribution in [0.3, 0.4) is 0 Å². The third-order valence-corrected chi connectivity index (χ3v) is 3.25. The largest absolute Gasteiger partial charge is 0.416 e. The van der Waals surface area contributed by atoms with Gasteiger partial charge < -0.3 is 15.6 Å². The lowest BCUT2D eigenvalue weighted by molar-refractivity contribution is -0.137. The van der Waals surface area contributed by atoms with Crippen LogP contribution in [-0.2, 0) is 6.18 Å². The normalized spacial score (nSPS) is 17.2. The van der Waals surface area contributed by atoms with Crippen LogP contribution in [0.15, 0.2) is 35.5 Å². The van der Waals surface area contributed by atoms with E-state index in [1.807, 2.05) is 7.05 Å². The minimum atomic E-state index is -4.31. The number of alkyl halides is 3. The Bertz CT molecular complexity index is 517. The summed E-state index contributed by atoms with van der Waals surface area (Å²) < 4.78 is 37.4.